The highest BCUT2D eigenvalue weighted by atomic mass is 32.2. The zero-order valence-corrected chi connectivity index (χ0v) is 17.4. The van der Waals surface area contributed by atoms with E-state index in [1.165, 1.54) is 70.6 Å². The third kappa shape index (κ3) is 15.8. The maximum absolute atomic E-state index is 13.3. The Balaban J connectivity index is 3.29. The number of alkyl halides is 1. The van der Waals surface area contributed by atoms with Crippen molar-refractivity contribution >= 4 is 10.1 Å². The first-order chi connectivity index (χ1) is 12.0. The molecule has 25 heavy (non-hydrogen) atoms. The lowest BCUT2D eigenvalue weighted by atomic mass is 10.0. The van der Waals surface area contributed by atoms with Crippen molar-refractivity contribution in [3.05, 3.63) is 0 Å². The van der Waals surface area contributed by atoms with Crippen LogP contribution in [0, 0.1) is 0 Å². The molecule has 0 rings (SSSR count). The fourth-order valence-electron chi connectivity index (χ4n) is 2.92. The normalized spacial score (nSPS) is 13.2. The molecule has 152 valence electrons. The molecule has 0 amide bonds. The molecule has 0 heterocycles. The standard InChI is InChI=1S/C20H41FO3S/c1-3-5-6-7-8-9-10-11-12-13-14-15-16-17-19-24-25(22,23)20(21)18-4-2/h20H,3-19H2,1-2H3. The Labute approximate surface area is 156 Å². The Morgan fingerprint density at radius 3 is 1.48 bits per heavy atom. The number of rotatable bonds is 19. The highest BCUT2D eigenvalue weighted by Gasteiger charge is 2.24. The lowest BCUT2D eigenvalue weighted by Gasteiger charge is -2.09. The highest BCUT2D eigenvalue weighted by Crippen LogP contribution is 2.15. The molecule has 0 bridgehead atoms. The maximum atomic E-state index is 13.3. The summed E-state index contributed by atoms with van der Waals surface area (Å²) in [5, 5.41) is 0. The molecule has 0 aromatic carbocycles. The van der Waals surface area contributed by atoms with Crippen molar-refractivity contribution in [2.45, 2.75) is 122 Å². The Hall–Kier alpha value is -0.160. The Bertz CT molecular complexity index is 371. The quantitative estimate of drug-likeness (QED) is 0.181. The molecule has 0 N–H and O–H groups in total. The van der Waals surface area contributed by atoms with Crippen LogP contribution >= 0.6 is 0 Å². The topological polar surface area (TPSA) is 43.4 Å². The second kappa shape index (κ2) is 17.3. The average Bonchev–Trinajstić information content (AvgIpc) is 2.58. The van der Waals surface area contributed by atoms with Gasteiger partial charge in [0.25, 0.3) is 10.1 Å². The zero-order valence-electron chi connectivity index (χ0n) is 16.6. The first-order valence-electron chi connectivity index (χ1n) is 10.6. The summed E-state index contributed by atoms with van der Waals surface area (Å²) in [6.45, 7) is 4.13. The summed E-state index contributed by atoms with van der Waals surface area (Å²) < 4.78 is 41.0. The van der Waals surface area contributed by atoms with Gasteiger partial charge in [-0.2, -0.15) is 8.42 Å². The summed E-state index contributed by atoms with van der Waals surface area (Å²) in [6, 6.07) is 0. The average molecular weight is 381 g/mol. The molecular formula is C20H41FO3S. The van der Waals surface area contributed by atoms with Crippen molar-refractivity contribution in [2.75, 3.05) is 6.61 Å². The lowest BCUT2D eigenvalue weighted by molar-refractivity contribution is 0.272. The van der Waals surface area contributed by atoms with Gasteiger partial charge in [0.05, 0.1) is 6.61 Å². The fraction of sp³-hybridized carbons (Fsp3) is 1.00. The molecule has 1 unspecified atom stereocenters. The Morgan fingerprint density at radius 2 is 1.08 bits per heavy atom. The summed E-state index contributed by atoms with van der Waals surface area (Å²) >= 11 is 0. The van der Waals surface area contributed by atoms with E-state index in [9.17, 15) is 12.8 Å². The molecule has 0 aromatic heterocycles. The van der Waals surface area contributed by atoms with Crippen molar-refractivity contribution in [1.29, 1.82) is 0 Å². The van der Waals surface area contributed by atoms with Crippen molar-refractivity contribution in [1.82, 2.24) is 0 Å². The van der Waals surface area contributed by atoms with Gasteiger partial charge in [-0.25, -0.2) is 4.39 Å². The smallest absolute Gasteiger partial charge is 0.268 e. The maximum Gasteiger partial charge on any atom is 0.299 e. The molecule has 0 aliphatic carbocycles. The van der Waals surface area contributed by atoms with Crippen molar-refractivity contribution < 1.29 is 17.0 Å². The molecule has 0 fully saturated rings. The summed E-state index contributed by atoms with van der Waals surface area (Å²) in [6.07, 6.45) is 18.0. The molecule has 5 heteroatoms. The molecule has 0 radical (unpaired) electrons. The Kier molecular flexibility index (Phi) is 17.2. The third-order valence-electron chi connectivity index (χ3n) is 4.57. The van der Waals surface area contributed by atoms with Crippen LogP contribution < -0.4 is 0 Å². The van der Waals surface area contributed by atoms with Gasteiger partial charge in [0, 0.05) is 0 Å². The van der Waals surface area contributed by atoms with E-state index in [1.807, 2.05) is 0 Å². The summed E-state index contributed by atoms with van der Waals surface area (Å²) in [5.74, 6) is 0. The van der Waals surface area contributed by atoms with Gasteiger partial charge in [0.2, 0.25) is 5.50 Å². The van der Waals surface area contributed by atoms with Gasteiger partial charge >= 0.3 is 0 Å². The van der Waals surface area contributed by atoms with E-state index in [4.69, 9.17) is 4.18 Å². The van der Waals surface area contributed by atoms with E-state index in [-0.39, 0.29) is 13.0 Å². The van der Waals surface area contributed by atoms with Crippen LogP contribution in [0.25, 0.3) is 0 Å². The van der Waals surface area contributed by atoms with Gasteiger partial charge in [-0.1, -0.05) is 104 Å². The van der Waals surface area contributed by atoms with Crippen molar-refractivity contribution in [3.63, 3.8) is 0 Å². The van der Waals surface area contributed by atoms with E-state index in [2.05, 4.69) is 6.92 Å². The predicted octanol–water partition coefficient (Wildman–Crippen LogP) is 6.91. The zero-order chi connectivity index (χ0) is 18.8. The fourth-order valence-corrected chi connectivity index (χ4v) is 3.94. The van der Waals surface area contributed by atoms with Crippen LogP contribution in [0.4, 0.5) is 4.39 Å². The summed E-state index contributed by atoms with van der Waals surface area (Å²) in [5.41, 5.74) is -1.87. The van der Waals surface area contributed by atoms with E-state index < -0.39 is 15.6 Å². The van der Waals surface area contributed by atoms with E-state index in [0.29, 0.717) is 12.8 Å². The molecule has 1 atom stereocenters. The highest BCUT2D eigenvalue weighted by molar-refractivity contribution is 7.87. The number of unbranched alkanes of at least 4 members (excludes halogenated alkanes) is 13. The van der Waals surface area contributed by atoms with E-state index in [0.717, 1.165) is 12.8 Å². The minimum absolute atomic E-state index is 0.0150. The van der Waals surface area contributed by atoms with E-state index >= 15 is 0 Å². The lowest BCUT2D eigenvalue weighted by Crippen LogP contribution is -2.19. The van der Waals surface area contributed by atoms with Crippen LogP contribution in [0.15, 0.2) is 0 Å². The van der Waals surface area contributed by atoms with Crippen molar-refractivity contribution in [3.8, 4) is 0 Å². The first-order valence-corrected chi connectivity index (χ1v) is 12.0. The largest absolute Gasteiger partial charge is 0.299 e. The van der Waals surface area contributed by atoms with Crippen LogP contribution in [0.2, 0.25) is 0 Å². The van der Waals surface area contributed by atoms with Gasteiger partial charge in [-0.05, 0) is 12.8 Å². The minimum atomic E-state index is -4.01. The van der Waals surface area contributed by atoms with Crippen LogP contribution in [0.1, 0.15) is 117 Å². The van der Waals surface area contributed by atoms with Gasteiger partial charge in [-0.15, -0.1) is 0 Å². The summed E-state index contributed by atoms with van der Waals surface area (Å²) in [7, 11) is -4.01. The SMILES string of the molecule is CCCCCCCCCCCCCCCCOS(=O)(=O)C(F)CCC. The van der Waals surface area contributed by atoms with Crippen LogP contribution in [0.3, 0.4) is 0 Å². The molecule has 0 spiro atoms. The molecule has 0 saturated carbocycles. The van der Waals surface area contributed by atoms with Gasteiger partial charge in [0.1, 0.15) is 0 Å². The van der Waals surface area contributed by atoms with Crippen LogP contribution in [-0.4, -0.2) is 20.5 Å². The Morgan fingerprint density at radius 1 is 0.680 bits per heavy atom. The van der Waals surface area contributed by atoms with Gasteiger partial charge in [-0.3, -0.25) is 4.18 Å². The molecule has 0 aliphatic rings. The summed E-state index contributed by atoms with van der Waals surface area (Å²) in [4.78, 5) is 0. The van der Waals surface area contributed by atoms with Crippen LogP contribution in [0.5, 0.6) is 0 Å². The predicted molar refractivity (Wildman–Crippen MR) is 105 cm³/mol. The van der Waals surface area contributed by atoms with Gasteiger partial charge in [0.15, 0.2) is 0 Å². The monoisotopic (exact) mass is 380 g/mol. The molecular weight excluding hydrogens is 339 g/mol. The molecule has 3 nitrogen and oxygen atoms in total. The van der Waals surface area contributed by atoms with Crippen LogP contribution in [-0.2, 0) is 14.3 Å². The number of halogens is 1. The second-order valence-electron chi connectivity index (χ2n) is 7.11. The molecule has 0 aliphatic heterocycles. The molecule has 0 saturated heterocycles. The number of hydrogen-bond acceptors (Lipinski definition) is 3. The van der Waals surface area contributed by atoms with Gasteiger partial charge < -0.3 is 0 Å². The van der Waals surface area contributed by atoms with E-state index in [1.54, 1.807) is 6.92 Å². The number of hydrogen-bond donors (Lipinski definition) is 0. The first kappa shape index (κ1) is 24.8. The molecule has 0 aromatic rings. The second-order valence-corrected chi connectivity index (χ2v) is 8.84. The minimum Gasteiger partial charge on any atom is -0.268 e. The van der Waals surface area contributed by atoms with Crippen molar-refractivity contribution in [2.24, 2.45) is 0 Å². The third-order valence-corrected chi connectivity index (χ3v) is 5.93.